The molecule has 29 heavy (non-hydrogen) atoms. The van der Waals surface area contributed by atoms with Crippen molar-refractivity contribution in [3.63, 3.8) is 0 Å². The van der Waals surface area contributed by atoms with Gasteiger partial charge in [-0.05, 0) is 50.2 Å². The predicted molar refractivity (Wildman–Crippen MR) is 111 cm³/mol. The number of likely N-dealkylation sites (tertiary alicyclic amines) is 1. The van der Waals surface area contributed by atoms with E-state index in [9.17, 15) is 4.79 Å². The third-order valence-corrected chi connectivity index (χ3v) is 6.17. The molecule has 3 heterocycles. The summed E-state index contributed by atoms with van der Waals surface area (Å²) in [7, 11) is 0. The largest absolute Gasteiger partial charge is 0.340 e. The molecule has 0 bridgehead atoms. The summed E-state index contributed by atoms with van der Waals surface area (Å²) in [6.45, 7) is 9.16. The van der Waals surface area contributed by atoms with E-state index >= 15 is 0 Å². The maximum absolute atomic E-state index is 13.0. The number of carbonyl (C=O) groups excluding carboxylic acids is 1. The number of benzene rings is 1. The van der Waals surface area contributed by atoms with Crippen LogP contribution in [0.4, 0.5) is 0 Å². The molecular formula is C21H28ClN5O2. The minimum absolute atomic E-state index is 0.0654. The Labute approximate surface area is 176 Å². The van der Waals surface area contributed by atoms with Crippen LogP contribution in [0, 0.1) is 5.92 Å². The Bertz CT molecular complexity index is 817. The quantitative estimate of drug-likeness (QED) is 0.745. The monoisotopic (exact) mass is 417 g/mol. The molecule has 1 aromatic heterocycles. The molecule has 0 saturated carbocycles. The van der Waals surface area contributed by atoms with Gasteiger partial charge in [-0.15, -0.1) is 0 Å². The Hall–Kier alpha value is -1.96. The summed E-state index contributed by atoms with van der Waals surface area (Å²) < 4.78 is 5.45. The van der Waals surface area contributed by atoms with E-state index in [1.54, 1.807) is 0 Å². The van der Waals surface area contributed by atoms with E-state index in [4.69, 9.17) is 16.1 Å². The molecule has 156 valence electrons. The molecule has 4 rings (SSSR count). The van der Waals surface area contributed by atoms with E-state index in [1.807, 2.05) is 29.2 Å². The van der Waals surface area contributed by atoms with Crippen LogP contribution >= 0.6 is 11.6 Å². The first-order chi connectivity index (χ1) is 14.1. The highest BCUT2D eigenvalue weighted by molar-refractivity contribution is 6.30. The van der Waals surface area contributed by atoms with E-state index in [0.717, 1.165) is 64.2 Å². The third kappa shape index (κ3) is 4.97. The van der Waals surface area contributed by atoms with Gasteiger partial charge in [0.2, 0.25) is 17.6 Å². The molecule has 2 fully saturated rings. The number of piperazine rings is 1. The van der Waals surface area contributed by atoms with Crippen LogP contribution in [0.2, 0.25) is 5.02 Å². The number of aromatic nitrogens is 2. The van der Waals surface area contributed by atoms with Gasteiger partial charge in [0.05, 0.1) is 12.5 Å². The second kappa shape index (κ2) is 9.24. The first-order valence-corrected chi connectivity index (χ1v) is 10.8. The Kier molecular flexibility index (Phi) is 6.47. The third-order valence-electron chi connectivity index (χ3n) is 5.92. The molecule has 8 heteroatoms. The van der Waals surface area contributed by atoms with Gasteiger partial charge in [0.1, 0.15) is 0 Å². The number of piperidine rings is 1. The fourth-order valence-corrected chi connectivity index (χ4v) is 4.30. The summed E-state index contributed by atoms with van der Waals surface area (Å²) in [5.74, 6) is 1.52. The van der Waals surface area contributed by atoms with Crippen molar-refractivity contribution < 1.29 is 9.32 Å². The molecule has 0 aliphatic carbocycles. The van der Waals surface area contributed by atoms with E-state index in [-0.39, 0.29) is 5.92 Å². The molecule has 2 aliphatic heterocycles. The second-order valence-electron chi connectivity index (χ2n) is 7.85. The predicted octanol–water partition coefficient (Wildman–Crippen LogP) is 2.77. The lowest BCUT2D eigenvalue weighted by Gasteiger charge is -2.38. The van der Waals surface area contributed by atoms with Crippen LogP contribution in [-0.2, 0) is 11.3 Å². The molecule has 1 amide bonds. The Morgan fingerprint density at radius 1 is 1.14 bits per heavy atom. The number of nitrogens with zero attached hydrogens (tertiary/aromatic N) is 5. The highest BCUT2D eigenvalue weighted by Gasteiger charge is 2.31. The van der Waals surface area contributed by atoms with Crippen molar-refractivity contribution in [1.29, 1.82) is 0 Å². The molecule has 2 aromatic rings. The molecule has 1 aromatic carbocycles. The van der Waals surface area contributed by atoms with Crippen molar-refractivity contribution >= 4 is 17.5 Å². The Morgan fingerprint density at radius 2 is 1.90 bits per heavy atom. The van der Waals surface area contributed by atoms with Gasteiger partial charge < -0.3 is 14.3 Å². The van der Waals surface area contributed by atoms with Crippen molar-refractivity contribution in [2.45, 2.75) is 26.3 Å². The molecule has 2 aliphatic rings. The maximum atomic E-state index is 13.0. The number of rotatable bonds is 5. The van der Waals surface area contributed by atoms with E-state index in [1.165, 1.54) is 0 Å². The van der Waals surface area contributed by atoms with Gasteiger partial charge in [-0.3, -0.25) is 9.69 Å². The lowest BCUT2D eigenvalue weighted by molar-refractivity contribution is -0.139. The lowest BCUT2D eigenvalue weighted by atomic mass is 9.96. The fraction of sp³-hybridized carbons (Fsp3) is 0.571. The molecule has 1 unspecified atom stereocenters. The van der Waals surface area contributed by atoms with E-state index in [0.29, 0.717) is 29.2 Å². The average molecular weight is 418 g/mol. The summed E-state index contributed by atoms with van der Waals surface area (Å²) in [6.07, 6.45) is 1.98. The molecular weight excluding hydrogens is 390 g/mol. The normalized spacial score (nSPS) is 21.4. The zero-order chi connectivity index (χ0) is 20.2. The summed E-state index contributed by atoms with van der Waals surface area (Å²) in [4.78, 5) is 24.2. The summed E-state index contributed by atoms with van der Waals surface area (Å²) in [6, 6.07) is 7.39. The lowest BCUT2D eigenvalue weighted by Crippen LogP contribution is -2.52. The fourth-order valence-electron chi connectivity index (χ4n) is 4.17. The first kappa shape index (κ1) is 20.3. The topological polar surface area (TPSA) is 65.7 Å². The number of amides is 1. The van der Waals surface area contributed by atoms with Gasteiger partial charge >= 0.3 is 0 Å². The van der Waals surface area contributed by atoms with Gasteiger partial charge in [-0.1, -0.05) is 23.7 Å². The summed E-state index contributed by atoms with van der Waals surface area (Å²) in [5, 5.41) is 4.77. The minimum Gasteiger partial charge on any atom is -0.340 e. The zero-order valence-corrected chi connectivity index (χ0v) is 17.6. The average Bonchev–Trinajstić information content (AvgIpc) is 3.22. The highest BCUT2D eigenvalue weighted by Crippen LogP contribution is 2.23. The molecule has 1 atom stereocenters. The van der Waals surface area contributed by atoms with Gasteiger partial charge in [0, 0.05) is 43.3 Å². The van der Waals surface area contributed by atoms with E-state index in [2.05, 4.69) is 26.9 Å². The number of hydrogen-bond acceptors (Lipinski definition) is 6. The maximum Gasteiger partial charge on any atom is 0.241 e. The van der Waals surface area contributed by atoms with Gasteiger partial charge in [-0.2, -0.15) is 4.98 Å². The highest BCUT2D eigenvalue weighted by atomic mass is 35.5. The van der Waals surface area contributed by atoms with Crippen LogP contribution in [0.25, 0.3) is 11.4 Å². The smallest absolute Gasteiger partial charge is 0.241 e. The second-order valence-corrected chi connectivity index (χ2v) is 8.29. The molecule has 0 N–H and O–H groups in total. The van der Waals surface area contributed by atoms with Crippen molar-refractivity contribution in [2.75, 3.05) is 45.8 Å². The van der Waals surface area contributed by atoms with Crippen LogP contribution in [-0.4, -0.2) is 76.6 Å². The number of likely N-dealkylation sites (N-methyl/N-ethyl adjacent to an activating group) is 1. The van der Waals surface area contributed by atoms with Crippen molar-refractivity contribution in [2.24, 2.45) is 5.92 Å². The first-order valence-electron chi connectivity index (χ1n) is 10.4. The van der Waals surface area contributed by atoms with Crippen molar-refractivity contribution in [3.05, 3.63) is 35.2 Å². The minimum atomic E-state index is 0.0654. The standard InChI is InChI=1S/C21H28ClN5O2/c1-2-25-10-12-27(13-11-25)21(28)17-4-3-9-26(14-17)15-19-23-20(24-29-19)16-5-7-18(22)8-6-16/h5-8,17H,2-4,9-15H2,1H3. The van der Waals surface area contributed by atoms with Crippen LogP contribution in [0.3, 0.4) is 0 Å². The van der Waals surface area contributed by atoms with Crippen LogP contribution in [0.15, 0.2) is 28.8 Å². The molecule has 0 spiro atoms. The molecule has 0 radical (unpaired) electrons. The number of halogens is 1. The summed E-state index contributed by atoms with van der Waals surface area (Å²) >= 11 is 5.94. The Balaban J connectivity index is 1.33. The Morgan fingerprint density at radius 3 is 2.62 bits per heavy atom. The van der Waals surface area contributed by atoms with Gasteiger partial charge in [-0.25, -0.2) is 0 Å². The van der Waals surface area contributed by atoms with Crippen LogP contribution in [0.1, 0.15) is 25.7 Å². The molecule has 7 nitrogen and oxygen atoms in total. The van der Waals surface area contributed by atoms with Crippen molar-refractivity contribution in [3.8, 4) is 11.4 Å². The van der Waals surface area contributed by atoms with E-state index < -0.39 is 0 Å². The van der Waals surface area contributed by atoms with Crippen LogP contribution < -0.4 is 0 Å². The van der Waals surface area contributed by atoms with Gasteiger partial charge in [0.15, 0.2) is 0 Å². The zero-order valence-electron chi connectivity index (χ0n) is 16.9. The van der Waals surface area contributed by atoms with Crippen LogP contribution in [0.5, 0.6) is 0 Å². The summed E-state index contributed by atoms with van der Waals surface area (Å²) in [5.41, 5.74) is 0.877. The number of hydrogen-bond donors (Lipinski definition) is 0. The van der Waals surface area contributed by atoms with Crippen molar-refractivity contribution in [1.82, 2.24) is 24.8 Å². The number of carbonyl (C=O) groups is 1. The molecule has 2 saturated heterocycles. The SMILES string of the molecule is CCN1CCN(C(=O)C2CCCN(Cc3nc(-c4ccc(Cl)cc4)no3)C2)CC1. The van der Waals surface area contributed by atoms with Gasteiger partial charge in [0.25, 0.3) is 0 Å².